The molecule has 1 fully saturated rings. The van der Waals surface area contributed by atoms with Crippen molar-refractivity contribution in [3.8, 4) is 6.07 Å². The molecule has 0 spiro atoms. The number of hydrogen-bond donors (Lipinski definition) is 5. The summed E-state index contributed by atoms with van der Waals surface area (Å²) in [5, 5.41) is 27.9. The summed E-state index contributed by atoms with van der Waals surface area (Å²) in [4.78, 5) is 4.47. The summed E-state index contributed by atoms with van der Waals surface area (Å²) < 4.78 is 27.9. The number of nitrogens with zero attached hydrogens (tertiary/aromatic N) is 4. The van der Waals surface area contributed by atoms with Crippen LogP contribution in [0.15, 0.2) is 48.4 Å². The van der Waals surface area contributed by atoms with Gasteiger partial charge in [-0.15, -0.1) is 5.53 Å². The second-order valence-corrected chi connectivity index (χ2v) is 12.6. The van der Waals surface area contributed by atoms with Gasteiger partial charge in [0.25, 0.3) is 6.43 Å². The van der Waals surface area contributed by atoms with Gasteiger partial charge in [0.15, 0.2) is 0 Å². The molecule has 218 valence electrons. The van der Waals surface area contributed by atoms with Gasteiger partial charge >= 0.3 is 0 Å². The standard InChI is InChI=1S/C30H32ClF2N9/c1-16-24-19(6-5-7-22(24)39-38-16)27(23-14-42(41-40-23)30(8-9-30)28(32)33)37-18-10-20-25(36-15-29(2,3)4)17(12-34)13-35-26(20)21(31)11-18/h5-7,10-11,13-14,27-28,37,40-41H,8-9,15H2,1-4H3,(H,35,36)(H,38,39)/t27-/m0/s1. The zero-order valence-electron chi connectivity index (χ0n) is 23.7. The third-order valence-corrected chi connectivity index (χ3v) is 8.09. The number of pyridine rings is 1. The summed E-state index contributed by atoms with van der Waals surface area (Å²) in [5.41, 5.74) is 10.4. The smallest absolute Gasteiger partial charge is 0.262 e. The van der Waals surface area contributed by atoms with Crippen LogP contribution in [-0.4, -0.2) is 38.7 Å². The van der Waals surface area contributed by atoms with Crippen molar-refractivity contribution in [1.82, 2.24) is 31.2 Å². The second-order valence-electron chi connectivity index (χ2n) is 12.2. The highest BCUT2D eigenvalue weighted by atomic mass is 35.5. The van der Waals surface area contributed by atoms with Gasteiger partial charge in [0.05, 0.1) is 39.0 Å². The van der Waals surface area contributed by atoms with E-state index in [1.165, 1.54) is 11.2 Å². The lowest BCUT2D eigenvalue weighted by Crippen LogP contribution is -2.48. The molecule has 0 amide bonds. The summed E-state index contributed by atoms with van der Waals surface area (Å²) in [6.45, 7) is 8.90. The Morgan fingerprint density at radius 3 is 2.71 bits per heavy atom. The van der Waals surface area contributed by atoms with E-state index in [-0.39, 0.29) is 5.41 Å². The van der Waals surface area contributed by atoms with Gasteiger partial charge in [-0.2, -0.15) is 10.4 Å². The highest BCUT2D eigenvalue weighted by Crippen LogP contribution is 2.47. The number of rotatable bonds is 8. The molecule has 1 aliphatic heterocycles. The van der Waals surface area contributed by atoms with Crippen molar-refractivity contribution in [2.24, 2.45) is 5.41 Å². The van der Waals surface area contributed by atoms with Crippen LogP contribution >= 0.6 is 11.6 Å². The molecular formula is C30H32ClF2N9. The summed E-state index contributed by atoms with van der Waals surface area (Å²) in [6, 6.07) is 11.3. The molecule has 42 heavy (non-hydrogen) atoms. The minimum absolute atomic E-state index is 0.0369. The Morgan fingerprint density at radius 1 is 1.24 bits per heavy atom. The first-order valence-corrected chi connectivity index (χ1v) is 14.2. The van der Waals surface area contributed by atoms with Crippen LogP contribution in [0.5, 0.6) is 0 Å². The molecule has 2 aliphatic rings. The quantitative estimate of drug-likeness (QED) is 0.157. The molecule has 0 bridgehead atoms. The van der Waals surface area contributed by atoms with Crippen molar-refractivity contribution in [2.75, 3.05) is 17.2 Å². The van der Waals surface area contributed by atoms with Gasteiger partial charge in [-0.05, 0) is 48.9 Å². The van der Waals surface area contributed by atoms with Crippen LogP contribution in [0.25, 0.3) is 21.8 Å². The Labute approximate surface area is 247 Å². The van der Waals surface area contributed by atoms with Crippen molar-refractivity contribution < 1.29 is 8.78 Å². The van der Waals surface area contributed by atoms with Gasteiger partial charge in [-0.3, -0.25) is 15.1 Å². The molecule has 6 rings (SSSR count). The lowest BCUT2D eigenvalue weighted by molar-refractivity contribution is 0.00911. The zero-order valence-corrected chi connectivity index (χ0v) is 24.5. The number of halogens is 3. The van der Waals surface area contributed by atoms with Gasteiger partial charge in [0, 0.05) is 41.1 Å². The number of aromatic amines is 1. The monoisotopic (exact) mass is 591 g/mol. The van der Waals surface area contributed by atoms with E-state index in [0.717, 1.165) is 22.2 Å². The molecule has 4 aromatic rings. The van der Waals surface area contributed by atoms with Crippen LogP contribution < -0.4 is 21.6 Å². The fourth-order valence-electron chi connectivity index (χ4n) is 5.37. The first-order chi connectivity index (χ1) is 20.0. The normalized spacial score (nSPS) is 16.8. The summed E-state index contributed by atoms with van der Waals surface area (Å²) >= 11 is 6.78. The average molecular weight is 592 g/mol. The van der Waals surface area contributed by atoms with Crippen molar-refractivity contribution in [3.63, 3.8) is 0 Å². The fraction of sp³-hybridized carbons (Fsp3) is 0.367. The molecule has 0 unspecified atom stereocenters. The van der Waals surface area contributed by atoms with Gasteiger partial charge < -0.3 is 16.1 Å². The number of alkyl halides is 2. The molecule has 1 saturated carbocycles. The number of fused-ring (bicyclic) bond motifs is 2. The Morgan fingerprint density at radius 2 is 2.02 bits per heavy atom. The number of anilines is 2. The van der Waals surface area contributed by atoms with Crippen LogP contribution in [0.1, 0.15) is 56.5 Å². The van der Waals surface area contributed by atoms with Crippen molar-refractivity contribution in [3.05, 3.63) is 70.3 Å². The Kier molecular flexibility index (Phi) is 6.86. The van der Waals surface area contributed by atoms with E-state index in [1.54, 1.807) is 12.3 Å². The van der Waals surface area contributed by atoms with Crippen LogP contribution in [0.4, 0.5) is 20.2 Å². The van der Waals surface area contributed by atoms with Crippen LogP contribution in [-0.2, 0) is 0 Å². The minimum atomic E-state index is -2.49. The number of H-pyrrole nitrogens is 1. The summed E-state index contributed by atoms with van der Waals surface area (Å²) in [5.74, 6) is 0. The number of nitriles is 1. The number of hydrazine groups is 2. The van der Waals surface area contributed by atoms with Crippen molar-refractivity contribution in [1.29, 1.82) is 5.26 Å². The molecule has 0 saturated heterocycles. The first-order valence-electron chi connectivity index (χ1n) is 13.8. The van der Waals surface area contributed by atoms with E-state index in [4.69, 9.17) is 11.6 Å². The minimum Gasteiger partial charge on any atom is -0.383 e. The molecule has 1 aliphatic carbocycles. The number of nitrogens with one attached hydrogen (secondary N) is 5. The van der Waals surface area contributed by atoms with E-state index >= 15 is 0 Å². The van der Waals surface area contributed by atoms with E-state index < -0.39 is 18.0 Å². The van der Waals surface area contributed by atoms with Crippen LogP contribution in [0.2, 0.25) is 5.02 Å². The molecule has 9 nitrogen and oxygen atoms in total. The van der Waals surface area contributed by atoms with Crippen LogP contribution in [0, 0.1) is 23.7 Å². The highest BCUT2D eigenvalue weighted by Gasteiger charge is 2.56. The Hall–Kier alpha value is -4.14. The topological polar surface area (TPSA) is 117 Å². The van der Waals surface area contributed by atoms with Gasteiger partial charge in [-0.25, -0.2) is 8.78 Å². The molecule has 2 aromatic carbocycles. The highest BCUT2D eigenvalue weighted by molar-refractivity contribution is 6.35. The summed E-state index contributed by atoms with van der Waals surface area (Å²) in [7, 11) is 0. The Bertz CT molecular complexity index is 1750. The van der Waals surface area contributed by atoms with Crippen molar-refractivity contribution >= 4 is 44.8 Å². The predicted molar refractivity (Wildman–Crippen MR) is 161 cm³/mol. The molecule has 12 heteroatoms. The van der Waals surface area contributed by atoms with Crippen LogP contribution in [0.3, 0.4) is 0 Å². The molecule has 3 heterocycles. The van der Waals surface area contributed by atoms with E-state index in [2.05, 4.69) is 63.6 Å². The Balaban J connectivity index is 1.46. The maximum Gasteiger partial charge on any atom is 0.262 e. The maximum atomic E-state index is 14.0. The third kappa shape index (κ3) is 4.95. The van der Waals surface area contributed by atoms with E-state index in [9.17, 15) is 14.0 Å². The van der Waals surface area contributed by atoms with Gasteiger partial charge in [-0.1, -0.05) is 44.5 Å². The first kappa shape index (κ1) is 28.0. The zero-order chi connectivity index (χ0) is 29.8. The van der Waals surface area contributed by atoms with E-state index in [1.807, 2.05) is 31.2 Å². The number of hydrogen-bond acceptors (Lipinski definition) is 8. The third-order valence-electron chi connectivity index (χ3n) is 7.80. The number of benzene rings is 2. The molecular weight excluding hydrogens is 560 g/mol. The predicted octanol–water partition coefficient (Wildman–Crippen LogP) is 6.52. The molecule has 5 N–H and O–H groups in total. The maximum absolute atomic E-state index is 14.0. The molecule has 1 atom stereocenters. The summed E-state index contributed by atoms with van der Waals surface area (Å²) in [6.07, 6.45) is 1.54. The molecule has 0 radical (unpaired) electrons. The average Bonchev–Trinajstić information content (AvgIpc) is 3.47. The molecule has 2 aromatic heterocycles. The lowest BCUT2D eigenvalue weighted by atomic mass is 9.96. The second kappa shape index (κ2) is 10.3. The SMILES string of the molecule is Cc1[nH]nc2cccc([C@H](Nc3cc(Cl)c4ncc(C#N)c(NCC(C)(C)C)c4c3)C3=CN(C4(C(F)F)CC4)NN3)c12. The fourth-order valence-corrected chi connectivity index (χ4v) is 5.64. The van der Waals surface area contributed by atoms with E-state index in [0.29, 0.717) is 57.9 Å². The lowest BCUT2D eigenvalue weighted by Gasteiger charge is -2.25. The van der Waals surface area contributed by atoms with Gasteiger partial charge in [0.2, 0.25) is 0 Å². The number of aromatic nitrogens is 3. The number of aryl methyl sites for hydroxylation is 1. The van der Waals surface area contributed by atoms with Gasteiger partial charge in [0.1, 0.15) is 11.6 Å². The largest absolute Gasteiger partial charge is 0.383 e. The van der Waals surface area contributed by atoms with Crippen molar-refractivity contribution in [2.45, 2.75) is 58.5 Å².